The number of nitrogens with zero attached hydrogens (tertiary/aromatic N) is 2. The maximum Gasteiger partial charge on any atom is 0.123 e. The topological polar surface area (TPSA) is 26.7 Å². The lowest BCUT2D eigenvalue weighted by Crippen LogP contribution is -2.44. The standard InChI is InChI=1S/C12H17FN2O.2C2H6/c1-10-6-11(8-12(13)7-10)9-14-2-4-15(16)5-3-14;2*1-2/h6-8,16H,2-5,9H2,1H3;2*1-2H3. The van der Waals surface area contributed by atoms with Crippen molar-refractivity contribution in [3.05, 3.63) is 35.1 Å². The second-order valence-corrected chi connectivity index (χ2v) is 4.37. The van der Waals surface area contributed by atoms with Crippen molar-refractivity contribution in [3.63, 3.8) is 0 Å². The maximum absolute atomic E-state index is 13.2. The smallest absolute Gasteiger partial charge is 0.123 e. The van der Waals surface area contributed by atoms with Gasteiger partial charge in [0.25, 0.3) is 0 Å². The molecule has 0 unspecified atom stereocenters. The number of hydroxylamine groups is 2. The van der Waals surface area contributed by atoms with Crippen molar-refractivity contribution in [2.24, 2.45) is 0 Å². The van der Waals surface area contributed by atoms with Gasteiger partial charge in [-0.05, 0) is 30.2 Å². The molecule has 2 rings (SSSR count). The maximum atomic E-state index is 13.2. The van der Waals surface area contributed by atoms with Crippen molar-refractivity contribution in [1.29, 1.82) is 0 Å². The van der Waals surface area contributed by atoms with E-state index in [1.807, 2.05) is 40.7 Å². The van der Waals surface area contributed by atoms with Gasteiger partial charge in [0.15, 0.2) is 0 Å². The van der Waals surface area contributed by atoms with E-state index in [1.165, 1.54) is 11.1 Å². The number of aryl methyl sites for hydroxylation is 1. The Hall–Kier alpha value is -0.970. The fourth-order valence-corrected chi connectivity index (χ4v) is 2.06. The van der Waals surface area contributed by atoms with Crippen LogP contribution in [0.1, 0.15) is 38.8 Å². The summed E-state index contributed by atoms with van der Waals surface area (Å²) in [5, 5.41) is 10.6. The first-order chi connectivity index (χ1) is 9.63. The number of benzene rings is 1. The third-order valence-electron chi connectivity index (χ3n) is 2.86. The average Bonchev–Trinajstić information content (AvgIpc) is 2.45. The molecule has 1 saturated heterocycles. The third-order valence-corrected chi connectivity index (χ3v) is 2.86. The molecule has 0 amide bonds. The fourth-order valence-electron chi connectivity index (χ4n) is 2.06. The molecule has 3 nitrogen and oxygen atoms in total. The van der Waals surface area contributed by atoms with Crippen molar-refractivity contribution < 1.29 is 9.60 Å². The molecule has 0 spiro atoms. The number of rotatable bonds is 2. The Morgan fingerprint density at radius 1 is 1.00 bits per heavy atom. The monoisotopic (exact) mass is 284 g/mol. The van der Waals surface area contributed by atoms with Gasteiger partial charge in [0.1, 0.15) is 5.82 Å². The van der Waals surface area contributed by atoms with Crippen molar-refractivity contribution >= 4 is 0 Å². The second kappa shape index (κ2) is 10.8. The predicted molar refractivity (Wildman–Crippen MR) is 82.5 cm³/mol. The highest BCUT2D eigenvalue weighted by molar-refractivity contribution is 5.23. The Morgan fingerprint density at radius 3 is 2.05 bits per heavy atom. The van der Waals surface area contributed by atoms with Gasteiger partial charge in [-0.3, -0.25) is 4.90 Å². The van der Waals surface area contributed by atoms with Crippen LogP contribution >= 0.6 is 0 Å². The highest BCUT2D eigenvalue weighted by Crippen LogP contribution is 2.12. The number of halogens is 1. The first kappa shape index (κ1) is 19.0. The third kappa shape index (κ3) is 6.98. The van der Waals surface area contributed by atoms with Gasteiger partial charge in [0.2, 0.25) is 0 Å². The van der Waals surface area contributed by atoms with E-state index in [9.17, 15) is 9.60 Å². The molecule has 1 heterocycles. The van der Waals surface area contributed by atoms with E-state index >= 15 is 0 Å². The molecule has 0 atom stereocenters. The molecule has 1 aliphatic rings. The first-order valence-electron chi connectivity index (χ1n) is 7.56. The molecule has 1 N–H and O–H groups in total. The number of hydrogen-bond acceptors (Lipinski definition) is 3. The molecule has 0 saturated carbocycles. The van der Waals surface area contributed by atoms with E-state index in [2.05, 4.69) is 4.90 Å². The summed E-state index contributed by atoms with van der Waals surface area (Å²) < 4.78 is 13.2. The van der Waals surface area contributed by atoms with E-state index in [1.54, 1.807) is 6.07 Å². The molecule has 0 aliphatic carbocycles. The summed E-state index contributed by atoms with van der Waals surface area (Å²) in [6.07, 6.45) is 0. The Kier molecular flexibility index (Phi) is 10.3. The summed E-state index contributed by atoms with van der Waals surface area (Å²) in [5.74, 6) is -0.171. The van der Waals surface area contributed by atoms with Gasteiger partial charge in [0.05, 0.1) is 0 Å². The molecule has 0 aromatic heterocycles. The molecule has 116 valence electrons. The van der Waals surface area contributed by atoms with Crippen LogP contribution in [-0.2, 0) is 6.54 Å². The van der Waals surface area contributed by atoms with Crippen molar-refractivity contribution in [3.8, 4) is 0 Å². The summed E-state index contributed by atoms with van der Waals surface area (Å²) in [5.41, 5.74) is 1.96. The normalized spacial score (nSPS) is 15.8. The SMILES string of the molecule is CC.CC.Cc1cc(F)cc(CN2CCN(O)CC2)c1. The minimum absolute atomic E-state index is 0.171. The van der Waals surface area contributed by atoms with Crippen LogP contribution in [0.2, 0.25) is 0 Å². The summed E-state index contributed by atoms with van der Waals surface area (Å²) in [4.78, 5) is 2.22. The van der Waals surface area contributed by atoms with Gasteiger partial charge in [-0.2, -0.15) is 5.06 Å². The zero-order valence-electron chi connectivity index (χ0n) is 13.5. The summed E-state index contributed by atoms with van der Waals surface area (Å²) in [7, 11) is 0. The average molecular weight is 284 g/mol. The van der Waals surface area contributed by atoms with E-state index in [0.717, 1.165) is 30.8 Å². The predicted octanol–water partition coefficient (Wildman–Crippen LogP) is 3.69. The van der Waals surface area contributed by atoms with Gasteiger partial charge in [-0.1, -0.05) is 33.8 Å². The Bertz CT molecular complexity index is 343. The Labute approximate surface area is 123 Å². The largest absolute Gasteiger partial charge is 0.314 e. The van der Waals surface area contributed by atoms with Gasteiger partial charge < -0.3 is 5.21 Å². The highest BCUT2D eigenvalue weighted by Gasteiger charge is 2.15. The summed E-state index contributed by atoms with van der Waals surface area (Å²) in [6.45, 7) is 13.6. The second-order valence-electron chi connectivity index (χ2n) is 4.37. The molecular formula is C16H29FN2O. The fraction of sp³-hybridized carbons (Fsp3) is 0.625. The van der Waals surface area contributed by atoms with Crippen LogP contribution in [0.3, 0.4) is 0 Å². The van der Waals surface area contributed by atoms with E-state index in [4.69, 9.17) is 0 Å². The molecule has 0 radical (unpaired) electrons. The Balaban J connectivity index is 0.000000829. The minimum Gasteiger partial charge on any atom is -0.314 e. The number of hydrogen-bond donors (Lipinski definition) is 1. The highest BCUT2D eigenvalue weighted by atomic mass is 19.1. The molecule has 0 bridgehead atoms. The summed E-state index contributed by atoms with van der Waals surface area (Å²) in [6, 6.07) is 5.13. The van der Waals surface area contributed by atoms with Crippen LogP contribution in [-0.4, -0.2) is 41.3 Å². The lowest BCUT2D eigenvalue weighted by molar-refractivity contribution is -0.118. The van der Waals surface area contributed by atoms with Crippen molar-refractivity contribution in [2.75, 3.05) is 26.2 Å². The lowest BCUT2D eigenvalue weighted by atomic mass is 10.1. The van der Waals surface area contributed by atoms with Gasteiger partial charge in [-0.15, -0.1) is 0 Å². The minimum atomic E-state index is -0.171. The van der Waals surface area contributed by atoms with Gasteiger partial charge in [-0.25, -0.2) is 4.39 Å². The number of piperazine rings is 1. The van der Waals surface area contributed by atoms with Crippen molar-refractivity contribution in [1.82, 2.24) is 9.96 Å². The zero-order valence-corrected chi connectivity index (χ0v) is 13.5. The van der Waals surface area contributed by atoms with Crippen LogP contribution in [0.25, 0.3) is 0 Å². The van der Waals surface area contributed by atoms with E-state index in [-0.39, 0.29) is 5.82 Å². The zero-order chi connectivity index (χ0) is 15.5. The first-order valence-corrected chi connectivity index (χ1v) is 7.56. The molecule has 1 aromatic carbocycles. The van der Waals surface area contributed by atoms with Gasteiger partial charge >= 0.3 is 0 Å². The van der Waals surface area contributed by atoms with Crippen LogP contribution in [0.4, 0.5) is 4.39 Å². The van der Waals surface area contributed by atoms with Crippen LogP contribution in [0.5, 0.6) is 0 Å². The molecule has 4 heteroatoms. The molecule has 1 aromatic rings. The quantitative estimate of drug-likeness (QED) is 0.897. The lowest BCUT2D eigenvalue weighted by Gasteiger charge is -2.31. The van der Waals surface area contributed by atoms with Crippen LogP contribution < -0.4 is 0 Å². The van der Waals surface area contributed by atoms with Crippen LogP contribution in [0, 0.1) is 12.7 Å². The summed E-state index contributed by atoms with van der Waals surface area (Å²) >= 11 is 0. The van der Waals surface area contributed by atoms with Crippen LogP contribution in [0.15, 0.2) is 18.2 Å². The molecular weight excluding hydrogens is 255 g/mol. The van der Waals surface area contributed by atoms with Crippen molar-refractivity contribution in [2.45, 2.75) is 41.2 Å². The molecule has 1 aliphatic heterocycles. The molecule has 20 heavy (non-hydrogen) atoms. The molecule has 1 fully saturated rings. The van der Waals surface area contributed by atoms with Gasteiger partial charge in [0, 0.05) is 32.7 Å². The van der Waals surface area contributed by atoms with E-state index in [0.29, 0.717) is 13.1 Å². The van der Waals surface area contributed by atoms with E-state index < -0.39 is 0 Å². The Morgan fingerprint density at radius 2 is 1.55 bits per heavy atom.